The van der Waals surface area contributed by atoms with Gasteiger partial charge in [0, 0.05) is 99.0 Å². The van der Waals surface area contributed by atoms with E-state index in [0.717, 1.165) is 0 Å². The summed E-state index contributed by atoms with van der Waals surface area (Å²) in [5.74, 6) is 0. The van der Waals surface area contributed by atoms with Crippen molar-refractivity contribution in [2.45, 2.75) is 0 Å². The molecule has 0 rings (SSSR count). The molecule has 0 spiro atoms. The van der Waals surface area contributed by atoms with Crippen molar-refractivity contribution >= 4 is 0 Å². The second-order valence-corrected chi connectivity index (χ2v) is 0. The zero-order chi connectivity index (χ0) is 0. The van der Waals surface area contributed by atoms with E-state index in [1.54, 1.807) is 0 Å². The Kier molecular flexibility index (Phi) is 109. The standard InChI is InChI=1S/Ho.3Pd. The Morgan fingerprint density at radius 3 is 0.500 bits per heavy atom. The molecule has 0 aliphatic carbocycles. The largest absolute Gasteiger partial charge is 0 e. The Morgan fingerprint density at radius 2 is 0.500 bits per heavy atom. The van der Waals surface area contributed by atoms with Crippen molar-refractivity contribution in [2.24, 2.45) is 0 Å². The van der Waals surface area contributed by atoms with Crippen molar-refractivity contribution in [3.8, 4) is 0 Å². The molecule has 0 aliphatic rings. The van der Waals surface area contributed by atoms with Gasteiger partial charge in [0.2, 0.25) is 0 Å². The summed E-state index contributed by atoms with van der Waals surface area (Å²) < 4.78 is 0. The Bertz CT molecular complexity index is 3.25. The summed E-state index contributed by atoms with van der Waals surface area (Å²) >= 11 is 0. The smallest absolute Gasteiger partial charge is 0 e. The van der Waals surface area contributed by atoms with Crippen molar-refractivity contribution in [1.82, 2.24) is 0 Å². The Balaban J connectivity index is 0. The summed E-state index contributed by atoms with van der Waals surface area (Å²) in [4.78, 5) is 0. The molecule has 0 aromatic rings. The van der Waals surface area contributed by atoms with Gasteiger partial charge in [0.1, 0.15) is 0 Å². The van der Waals surface area contributed by atoms with Crippen LogP contribution in [0.15, 0.2) is 0 Å². The summed E-state index contributed by atoms with van der Waals surface area (Å²) in [5.41, 5.74) is 0. The van der Waals surface area contributed by atoms with Gasteiger partial charge in [-0.15, -0.1) is 0 Å². The molecule has 0 aromatic heterocycles. The van der Waals surface area contributed by atoms with Crippen LogP contribution in [0.2, 0.25) is 0 Å². The van der Waals surface area contributed by atoms with Crippen LogP contribution < -0.4 is 0 Å². The monoisotopic (exact) mass is 483 g/mol. The van der Waals surface area contributed by atoms with Crippen LogP contribution in [0.25, 0.3) is 0 Å². The van der Waals surface area contributed by atoms with Crippen LogP contribution in [-0.4, -0.2) is 0 Å². The topological polar surface area (TPSA) is 0 Å². The molecule has 0 fully saturated rings. The molecule has 0 nitrogen and oxygen atoms in total. The van der Waals surface area contributed by atoms with E-state index in [4.69, 9.17) is 0 Å². The minimum Gasteiger partial charge on any atom is 0 e. The van der Waals surface area contributed by atoms with Gasteiger partial charge >= 0.3 is 0 Å². The zero-order valence-electron chi connectivity index (χ0n) is 1.25. The molecule has 0 atom stereocenters. The minimum atomic E-state index is 0. The van der Waals surface area contributed by atoms with E-state index in [1.807, 2.05) is 0 Å². The third kappa shape index (κ3) is 8.98. The second-order valence-electron chi connectivity index (χ2n) is 0. The van der Waals surface area contributed by atoms with Crippen LogP contribution in [-0.2, 0) is 61.3 Å². The number of hydrogen-bond donors (Lipinski definition) is 0. The van der Waals surface area contributed by atoms with E-state index in [-0.39, 0.29) is 99.0 Å². The minimum absolute atomic E-state index is 0. The summed E-state index contributed by atoms with van der Waals surface area (Å²) in [6, 6.07) is 0. The van der Waals surface area contributed by atoms with Crippen LogP contribution in [0.5, 0.6) is 0 Å². The maximum Gasteiger partial charge on any atom is 0 e. The molecule has 0 aromatic carbocycles. The van der Waals surface area contributed by atoms with Crippen molar-refractivity contribution in [2.75, 3.05) is 0 Å². The van der Waals surface area contributed by atoms with Crippen LogP contribution in [0, 0.1) is 37.7 Å². The molecule has 4 heavy (non-hydrogen) atoms. The first-order chi connectivity index (χ1) is 0. The summed E-state index contributed by atoms with van der Waals surface area (Å²) in [5, 5.41) is 0. The van der Waals surface area contributed by atoms with Crippen LogP contribution in [0.1, 0.15) is 0 Å². The van der Waals surface area contributed by atoms with Gasteiger partial charge in [-0.1, -0.05) is 0 Å². The maximum atomic E-state index is 0. The van der Waals surface area contributed by atoms with Gasteiger partial charge < -0.3 is 0 Å². The quantitative estimate of drug-likeness (QED) is 0.425. The molecule has 0 saturated heterocycles. The van der Waals surface area contributed by atoms with Crippen molar-refractivity contribution in [1.29, 1.82) is 0 Å². The van der Waals surface area contributed by atoms with E-state index in [0.29, 0.717) is 0 Å². The summed E-state index contributed by atoms with van der Waals surface area (Å²) in [6.45, 7) is 0. The average Bonchev–Trinajstić information content (AvgIpc) is 0. The first kappa shape index (κ1) is 26.8. The van der Waals surface area contributed by atoms with Gasteiger partial charge in [0.05, 0.1) is 0 Å². The number of hydrogen-bond acceptors (Lipinski definition) is 0. The van der Waals surface area contributed by atoms with Gasteiger partial charge in [-0.3, -0.25) is 0 Å². The predicted octanol–water partition coefficient (Wildman–Crippen LogP) is -0.00750. The Labute approximate surface area is 96.8 Å². The molecule has 1 radical (unpaired) electrons. The first-order valence-corrected chi connectivity index (χ1v) is 0. The molecule has 0 amide bonds. The fraction of sp³-hybridized carbons (Fsp3) is 0. The summed E-state index contributed by atoms with van der Waals surface area (Å²) in [6.07, 6.45) is 0. The van der Waals surface area contributed by atoms with Gasteiger partial charge in [-0.05, 0) is 0 Å². The number of rotatable bonds is 0. The molecule has 0 aliphatic heterocycles. The molecule has 0 N–H and O–H groups in total. The molecule has 0 unspecified atom stereocenters. The van der Waals surface area contributed by atoms with E-state index in [1.165, 1.54) is 0 Å². The van der Waals surface area contributed by atoms with Gasteiger partial charge in [-0.25, -0.2) is 0 Å². The SMILES string of the molecule is [Ho].[Pd].[Pd].[Pd]. The molecule has 0 bridgehead atoms. The fourth-order valence-electron chi connectivity index (χ4n) is 0. The maximum absolute atomic E-state index is 0. The molecule has 4 heteroatoms. The fourth-order valence-corrected chi connectivity index (χ4v) is 0. The first-order valence-electron chi connectivity index (χ1n) is 0. The van der Waals surface area contributed by atoms with Crippen LogP contribution in [0.3, 0.4) is 0 Å². The average molecular weight is 484 g/mol. The second kappa shape index (κ2) is 16.3. The third-order valence-electron chi connectivity index (χ3n) is 0. The Hall–Kier alpha value is 3.25. The van der Waals surface area contributed by atoms with Crippen LogP contribution >= 0.6 is 0 Å². The van der Waals surface area contributed by atoms with E-state index in [2.05, 4.69) is 0 Å². The van der Waals surface area contributed by atoms with Crippen molar-refractivity contribution in [3.05, 3.63) is 0 Å². The molecule has 0 saturated carbocycles. The van der Waals surface area contributed by atoms with Gasteiger partial charge in [0.15, 0.2) is 0 Å². The molecular formula is HoPd3. The molecule has 0 heterocycles. The van der Waals surface area contributed by atoms with Gasteiger partial charge in [0.25, 0.3) is 0 Å². The molecular weight excluding hydrogens is 484 g/mol. The van der Waals surface area contributed by atoms with Crippen LogP contribution in [0.4, 0.5) is 0 Å². The van der Waals surface area contributed by atoms with E-state index in [9.17, 15) is 0 Å². The van der Waals surface area contributed by atoms with Crippen molar-refractivity contribution in [3.63, 3.8) is 0 Å². The van der Waals surface area contributed by atoms with Crippen molar-refractivity contribution < 1.29 is 99.0 Å². The zero-order valence-corrected chi connectivity index (χ0v) is 7.85. The van der Waals surface area contributed by atoms with Gasteiger partial charge in [-0.2, -0.15) is 0 Å². The predicted molar refractivity (Wildman–Crippen MR) is 0 cm³/mol. The summed E-state index contributed by atoms with van der Waals surface area (Å²) in [7, 11) is 0. The van der Waals surface area contributed by atoms with E-state index >= 15 is 0 Å². The van der Waals surface area contributed by atoms with E-state index < -0.39 is 0 Å². The molecule has 41 valence electrons. The Morgan fingerprint density at radius 1 is 0.500 bits per heavy atom. The third-order valence-corrected chi connectivity index (χ3v) is 0. The normalized spacial score (nSPS) is 0.